The smallest absolute Gasteiger partial charge is 0.0551 e. The number of aromatic nitrogens is 1. The molecule has 0 aliphatic rings. The number of H-pyrrole nitrogens is 1. The van der Waals surface area contributed by atoms with E-state index in [1.54, 1.807) is 11.8 Å². The molecule has 2 rings (SSSR count). The molecule has 0 unspecified atom stereocenters. The number of hydrogen-bond acceptors (Lipinski definition) is 2. The van der Waals surface area contributed by atoms with Crippen LogP contribution in [-0.2, 0) is 6.54 Å². The Kier molecular flexibility index (Phi) is 3.35. The Labute approximate surface area is 94.1 Å². The maximum atomic E-state index is 3.36. The summed E-state index contributed by atoms with van der Waals surface area (Å²) in [5, 5.41) is 3.36. The molecule has 2 N–H and O–H groups in total. The number of anilines is 1. The first-order valence-electron chi connectivity index (χ1n) is 4.88. The van der Waals surface area contributed by atoms with E-state index in [-0.39, 0.29) is 0 Å². The highest BCUT2D eigenvalue weighted by atomic mass is 32.2. The van der Waals surface area contributed by atoms with E-state index >= 15 is 0 Å². The van der Waals surface area contributed by atoms with Crippen molar-refractivity contribution in [2.24, 2.45) is 0 Å². The van der Waals surface area contributed by atoms with Gasteiger partial charge in [-0.05, 0) is 42.7 Å². The van der Waals surface area contributed by atoms with Gasteiger partial charge in [0.05, 0.1) is 6.54 Å². The lowest BCUT2D eigenvalue weighted by molar-refractivity contribution is 1.07. The highest BCUT2D eigenvalue weighted by Crippen LogP contribution is 2.17. The van der Waals surface area contributed by atoms with Gasteiger partial charge in [0.15, 0.2) is 0 Å². The second-order valence-corrected chi connectivity index (χ2v) is 4.16. The molecule has 0 fully saturated rings. The lowest BCUT2D eigenvalue weighted by Gasteiger charge is -2.05. The summed E-state index contributed by atoms with van der Waals surface area (Å²) in [5.41, 5.74) is 2.35. The fourth-order valence-corrected chi connectivity index (χ4v) is 1.79. The zero-order valence-corrected chi connectivity index (χ0v) is 9.47. The van der Waals surface area contributed by atoms with E-state index in [2.05, 4.69) is 46.9 Å². The van der Waals surface area contributed by atoms with Crippen LogP contribution in [0, 0.1) is 0 Å². The quantitative estimate of drug-likeness (QED) is 0.770. The second kappa shape index (κ2) is 4.94. The Bertz CT molecular complexity index is 392. The van der Waals surface area contributed by atoms with Gasteiger partial charge in [0, 0.05) is 22.5 Å². The molecule has 2 nitrogen and oxygen atoms in total. The zero-order valence-electron chi connectivity index (χ0n) is 8.66. The van der Waals surface area contributed by atoms with Crippen LogP contribution >= 0.6 is 11.8 Å². The summed E-state index contributed by atoms with van der Waals surface area (Å²) in [5.74, 6) is 0. The molecule has 3 heteroatoms. The van der Waals surface area contributed by atoms with Gasteiger partial charge in [-0.25, -0.2) is 0 Å². The molecule has 1 aromatic carbocycles. The minimum Gasteiger partial charge on any atom is -0.379 e. The number of benzene rings is 1. The van der Waals surface area contributed by atoms with Crippen LogP contribution in [0.4, 0.5) is 5.69 Å². The van der Waals surface area contributed by atoms with Crippen molar-refractivity contribution in [2.75, 3.05) is 11.6 Å². The van der Waals surface area contributed by atoms with Gasteiger partial charge in [-0.2, -0.15) is 0 Å². The molecular weight excluding hydrogens is 204 g/mol. The summed E-state index contributed by atoms with van der Waals surface area (Å²) in [6.45, 7) is 0.839. The number of hydrogen-bond donors (Lipinski definition) is 2. The molecule has 15 heavy (non-hydrogen) atoms. The van der Waals surface area contributed by atoms with E-state index in [9.17, 15) is 0 Å². The van der Waals surface area contributed by atoms with Crippen molar-refractivity contribution < 1.29 is 0 Å². The minimum atomic E-state index is 0.839. The summed E-state index contributed by atoms with van der Waals surface area (Å²) in [6.07, 6.45) is 4.02. The largest absolute Gasteiger partial charge is 0.379 e. The summed E-state index contributed by atoms with van der Waals surface area (Å²) in [4.78, 5) is 4.46. The third kappa shape index (κ3) is 2.80. The van der Waals surface area contributed by atoms with Crippen molar-refractivity contribution in [1.29, 1.82) is 0 Å². The SMILES string of the molecule is CSc1ccc(NCc2ccc[nH]2)cc1. The summed E-state index contributed by atoms with van der Waals surface area (Å²) in [7, 11) is 0. The predicted molar refractivity (Wildman–Crippen MR) is 66.3 cm³/mol. The van der Waals surface area contributed by atoms with Crippen molar-refractivity contribution in [3.05, 3.63) is 48.3 Å². The molecule has 0 radical (unpaired) electrons. The fourth-order valence-electron chi connectivity index (χ4n) is 1.38. The van der Waals surface area contributed by atoms with Crippen molar-refractivity contribution >= 4 is 17.4 Å². The first kappa shape index (κ1) is 10.2. The molecule has 1 heterocycles. The van der Waals surface area contributed by atoms with Crippen LogP contribution in [0.25, 0.3) is 0 Å². The molecule has 0 spiro atoms. The maximum Gasteiger partial charge on any atom is 0.0551 e. The van der Waals surface area contributed by atoms with Crippen LogP contribution in [0.3, 0.4) is 0 Å². The summed E-state index contributed by atoms with van der Waals surface area (Å²) < 4.78 is 0. The van der Waals surface area contributed by atoms with Crippen LogP contribution in [0.5, 0.6) is 0 Å². The summed E-state index contributed by atoms with van der Waals surface area (Å²) in [6, 6.07) is 12.5. The molecule has 0 aliphatic carbocycles. The van der Waals surface area contributed by atoms with Crippen molar-refractivity contribution in [2.45, 2.75) is 11.4 Å². The van der Waals surface area contributed by atoms with Crippen molar-refractivity contribution in [3.63, 3.8) is 0 Å². The van der Waals surface area contributed by atoms with E-state index < -0.39 is 0 Å². The van der Waals surface area contributed by atoms with Gasteiger partial charge in [0.25, 0.3) is 0 Å². The first-order chi connectivity index (χ1) is 7.38. The minimum absolute atomic E-state index is 0.839. The van der Waals surface area contributed by atoms with Gasteiger partial charge in [0.1, 0.15) is 0 Å². The van der Waals surface area contributed by atoms with Gasteiger partial charge < -0.3 is 10.3 Å². The van der Waals surface area contributed by atoms with Gasteiger partial charge in [-0.15, -0.1) is 11.8 Å². The third-order valence-corrected chi connectivity index (χ3v) is 2.98. The maximum absolute atomic E-state index is 3.36. The standard InChI is InChI=1S/C12H14N2S/c1-15-12-6-4-10(5-7-12)14-9-11-3-2-8-13-11/h2-8,13-14H,9H2,1H3. The van der Waals surface area contributed by atoms with Crippen molar-refractivity contribution in [3.8, 4) is 0 Å². The molecule has 0 bridgehead atoms. The monoisotopic (exact) mass is 218 g/mol. The Hall–Kier alpha value is -1.35. The molecule has 0 atom stereocenters. The van der Waals surface area contributed by atoms with Crippen LogP contribution in [0.15, 0.2) is 47.5 Å². The highest BCUT2D eigenvalue weighted by Gasteiger charge is 1.94. The molecular formula is C12H14N2S. The third-order valence-electron chi connectivity index (χ3n) is 2.24. The second-order valence-electron chi connectivity index (χ2n) is 3.28. The number of thioether (sulfide) groups is 1. The Balaban J connectivity index is 1.93. The van der Waals surface area contributed by atoms with Gasteiger partial charge >= 0.3 is 0 Å². The number of nitrogens with one attached hydrogen (secondary N) is 2. The fraction of sp³-hybridized carbons (Fsp3) is 0.167. The van der Waals surface area contributed by atoms with E-state index in [4.69, 9.17) is 0 Å². The number of rotatable bonds is 4. The summed E-state index contributed by atoms with van der Waals surface area (Å²) >= 11 is 1.76. The molecule has 1 aromatic heterocycles. The molecule has 0 saturated carbocycles. The van der Waals surface area contributed by atoms with Gasteiger partial charge in [0.2, 0.25) is 0 Å². The highest BCUT2D eigenvalue weighted by molar-refractivity contribution is 7.98. The predicted octanol–water partition coefficient (Wildman–Crippen LogP) is 3.35. The molecule has 2 aromatic rings. The topological polar surface area (TPSA) is 27.8 Å². The number of aromatic amines is 1. The first-order valence-corrected chi connectivity index (χ1v) is 6.11. The van der Waals surface area contributed by atoms with Crippen LogP contribution in [0.2, 0.25) is 0 Å². The molecule has 0 saturated heterocycles. The van der Waals surface area contributed by atoms with E-state index in [0.717, 1.165) is 12.2 Å². The van der Waals surface area contributed by atoms with Crippen LogP contribution in [0.1, 0.15) is 5.69 Å². The van der Waals surface area contributed by atoms with Gasteiger partial charge in [-0.1, -0.05) is 0 Å². The van der Waals surface area contributed by atoms with E-state index in [0.29, 0.717) is 0 Å². The van der Waals surface area contributed by atoms with E-state index in [1.807, 2.05) is 12.3 Å². The average molecular weight is 218 g/mol. The Morgan fingerprint density at radius 3 is 2.60 bits per heavy atom. The molecule has 0 aliphatic heterocycles. The van der Waals surface area contributed by atoms with Crippen molar-refractivity contribution in [1.82, 2.24) is 4.98 Å². The Morgan fingerprint density at radius 1 is 1.20 bits per heavy atom. The van der Waals surface area contributed by atoms with Crippen LogP contribution < -0.4 is 5.32 Å². The van der Waals surface area contributed by atoms with Gasteiger partial charge in [-0.3, -0.25) is 0 Å². The lowest BCUT2D eigenvalue weighted by atomic mass is 10.3. The average Bonchev–Trinajstić information content (AvgIpc) is 2.80. The molecule has 0 amide bonds. The normalized spacial score (nSPS) is 10.2. The molecule has 78 valence electrons. The van der Waals surface area contributed by atoms with E-state index in [1.165, 1.54) is 10.6 Å². The zero-order chi connectivity index (χ0) is 10.5. The lowest BCUT2D eigenvalue weighted by Crippen LogP contribution is -1.98. The Morgan fingerprint density at radius 2 is 2.00 bits per heavy atom. The van der Waals surface area contributed by atoms with Crippen LogP contribution in [-0.4, -0.2) is 11.2 Å².